The Bertz CT molecular complexity index is 468. The third-order valence-corrected chi connectivity index (χ3v) is 2.92. The van der Waals surface area contributed by atoms with Crippen LogP contribution < -0.4 is 5.32 Å². The fraction of sp³-hybridized carbons (Fsp3) is 0.267. The first kappa shape index (κ1) is 12.6. The second kappa shape index (κ2) is 6.17. The molecule has 0 saturated heterocycles. The molecule has 0 amide bonds. The zero-order valence-electron chi connectivity index (χ0n) is 10.5. The molecule has 1 atom stereocenters. The molecular weight excluding hydrogens is 224 g/mol. The topological polar surface area (TPSA) is 45.1 Å². The number of aromatic nitrogens is 1. The lowest BCUT2D eigenvalue weighted by molar-refractivity contribution is 0.299. The predicted molar refractivity (Wildman–Crippen MR) is 73.5 cm³/mol. The number of hydrogen-bond donors (Lipinski definition) is 2. The smallest absolute Gasteiger partial charge is 0.0500 e. The summed E-state index contributed by atoms with van der Waals surface area (Å²) < 4.78 is 0. The molecule has 0 fully saturated rings. The van der Waals surface area contributed by atoms with Crippen molar-refractivity contribution < 1.29 is 5.11 Å². The van der Waals surface area contributed by atoms with Gasteiger partial charge >= 0.3 is 0 Å². The largest absolute Gasteiger partial charge is 0.396 e. The Morgan fingerprint density at radius 3 is 2.61 bits per heavy atom. The average Bonchev–Trinajstić information content (AvgIpc) is 2.42. The molecule has 0 bridgehead atoms. The molecule has 0 spiro atoms. The van der Waals surface area contributed by atoms with Gasteiger partial charge in [0.05, 0.1) is 6.04 Å². The molecule has 3 heteroatoms. The van der Waals surface area contributed by atoms with Crippen molar-refractivity contribution in [1.82, 2.24) is 4.98 Å². The molecule has 1 aromatic carbocycles. The van der Waals surface area contributed by atoms with Crippen LogP contribution >= 0.6 is 0 Å². The number of hydrogen-bond acceptors (Lipinski definition) is 3. The third kappa shape index (κ3) is 3.31. The van der Waals surface area contributed by atoms with E-state index in [1.54, 1.807) is 6.20 Å². The van der Waals surface area contributed by atoms with Crippen LogP contribution in [0.3, 0.4) is 0 Å². The van der Waals surface area contributed by atoms with E-state index in [9.17, 15) is 0 Å². The van der Waals surface area contributed by atoms with Crippen molar-refractivity contribution in [2.45, 2.75) is 19.4 Å². The van der Waals surface area contributed by atoms with Crippen LogP contribution in [0.5, 0.6) is 0 Å². The molecule has 94 valence electrons. The van der Waals surface area contributed by atoms with Crippen LogP contribution in [0.25, 0.3) is 0 Å². The van der Waals surface area contributed by atoms with E-state index in [-0.39, 0.29) is 12.6 Å². The Morgan fingerprint density at radius 2 is 2.00 bits per heavy atom. The van der Waals surface area contributed by atoms with Crippen LogP contribution in [0.15, 0.2) is 48.8 Å². The first-order chi connectivity index (χ1) is 8.79. The number of benzene rings is 1. The van der Waals surface area contributed by atoms with Gasteiger partial charge in [0.2, 0.25) is 0 Å². The van der Waals surface area contributed by atoms with Gasteiger partial charge in [0.1, 0.15) is 0 Å². The van der Waals surface area contributed by atoms with Gasteiger partial charge in [-0.1, -0.05) is 18.2 Å². The van der Waals surface area contributed by atoms with Crippen molar-refractivity contribution in [3.8, 4) is 0 Å². The van der Waals surface area contributed by atoms with E-state index in [0.29, 0.717) is 6.42 Å². The lowest BCUT2D eigenvalue weighted by Crippen LogP contribution is -2.06. The maximum absolute atomic E-state index is 8.86. The van der Waals surface area contributed by atoms with Gasteiger partial charge in [-0.05, 0) is 42.7 Å². The molecule has 18 heavy (non-hydrogen) atoms. The lowest BCUT2D eigenvalue weighted by atomic mass is 10.1. The number of pyridine rings is 1. The van der Waals surface area contributed by atoms with Gasteiger partial charge in [-0.15, -0.1) is 0 Å². The first-order valence-corrected chi connectivity index (χ1v) is 6.16. The average molecular weight is 242 g/mol. The van der Waals surface area contributed by atoms with Gasteiger partial charge in [-0.3, -0.25) is 4.98 Å². The Morgan fingerprint density at radius 1 is 1.22 bits per heavy atom. The number of aliphatic hydroxyl groups is 1. The zero-order valence-corrected chi connectivity index (χ0v) is 10.5. The number of anilines is 1. The monoisotopic (exact) mass is 242 g/mol. The molecule has 0 saturated carbocycles. The molecule has 0 aliphatic carbocycles. The van der Waals surface area contributed by atoms with E-state index in [0.717, 1.165) is 16.8 Å². The van der Waals surface area contributed by atoms with Gasteiger partial charge in [0.15, 0.2) is 0 Å². The van der Waals surface area contributed by atoms with Crippen molar-refractivity contribution in [2.75, 3.05) is 11.9 Å². The maximum Gasteiger partial charge on any atom is 0.0500 e. The van der Waals surface area contributed by atoms with Crippen molar-refractivity contribution in [2.24, 2.45) is 0 Å². The summed E-state index contributed by atoms with van der Waals surface area (Å²) in [6.07, 6.45) is 4.36. The Kier molecular flexibility index (Phi) is 4.31. The summed E-state index contributed by atoms with van der Waals surface area (Å²) in [7, 11) is 0. The molecule has 0 radical (unpaired) electrons. The number of nitrogens with zero attached hydrogens (tertiary/aromatic N) is 1. The molecule has 0 aliphatic rings. The van der Waals surface area contributed by atoms with Crippen LogP contribution in [-0.2, 0) is 6.42 Å². The van der Waals surface area contributed by atoms with Crippen molar-refractivity contribution in [3.05, 3.63) is 59.9 Å². The number of rotatable bonds is 5. The van der Waals surface area contributed by atoms with E-state index >= 15 is 0 Å². The highest BCUT2D eigenvalue weighted by Crippen LogP contribution is 2.18. The lowest BCUT2D eigenvalue weighted by Gasteiger charge is -2.15. The van der Waals surface area contributed by atoms with E-state index in [1.807, 2.05) is 36.5 Å². The fourth-order valence-corrected chi connectivity index (χ4v) is 1.86. The summed E-state index contributed by atoms with van der Waals surface area (Å²) in [5.41, 5.74) is 3.39. The molecule has 3 nitrogen and oxygen atoms in total. The minimum absolute atomic E-state index is 0.193. The van der Waals surface area contributed by atoms with Gasteiger partial charge < -0.3 is 10.4 Å². The quantitative estimate of drug-likeness (QED) is 0.847. The summed E-state index contributed by atoms with van der Waals surface area (Å²) in [6.45, 7) is 2.30. The van der Waals surface area contributed by atoms with Crippen molar-refractivity contribution in [3.63, 3.8) is 0 Å². The van der Waals surface area contributed by atoms with Crippen LogP contribution in [0.1, 0.15) is 24.1 Å². The van der Waals surface area contributed by atoms with E-state index < -0.39 is 0 Å². The Balaban J connectivity index is 2.01. The molecular formula is C15H18N2O. The summed E-state index contributed by atoms with van der Waals surface area (Å²) in [5, 5.41) is 12.3. The fourth-order valence-electron chi connectivity index (χ4n) is 1.86. The minimum atomic E-state index is 0.193. The molecule has 1 unspecified atom stereocenters. The Labute approximate surface area is 108 Å². The first-order valence-electron chi connectivity index (χ1n) is 6.16. The van der Waals surface area contributed by atoms with E-state index in [2.05, 4.69) is 23.3 Å². The highest BCUT2D eigenvalue weighted by Gasteiger charge is 2.04. The van der Waals surface area contributed by atoms with E-state index in [4.69, 9.17) is 5.11 Å². The van der Waals surface area contributed by atoms with Crippen LogP contribution in [0, 0.1) is 0 Å². The summed E-state index contributed by atoms with van der Waals surface area (Å²) >= 11 is 0. The van der Waals surface area contributed by atoms with Crippen molar-refractivity contribution in [1.29, 1.82) is 0 Å². The molecule has 1 aromatic heterocycles. The second-order valence-corrected chi connectivity index (χ2v) is 4.32. The zero-order chi connectivity index (χ0) is 12.8. The van der Waals surface area contributed by atoms with Crippen LogP contribution in [0.2, 0.25) is 0 Å². The number of nitrogens with one attached hydrogen (secondary N) is 1. The minimum Gasteiger partial charge on any atom is -0.396 e. The highest BCUT2D eigenvalue weighted by atomic mass is 16.2. The van der Waals surface area contributed by atoms with E-state index in [1.165, 1.54) is 0 Å². The summed E-state index contributed by atoms with van der Waals surface area (Å²) in [6, 6.07) is 12.4. The van der Waals surface area contributed by atoms with Gasteiger partial charge in [-0.25, -0.2) is 0 Å². The normalized spacial score (nSPS) is 12.1. The third-order valence-electron chi connectivity index (χ3n) is 2.92. The number of aliphatic hydroxyl groups excluding tert-OH is 1. The molecule has 0 aliphatic heterocycles. The Hall–Kier alpha value is -1.87. The molecule has 2 aromatic rings. The van der Waals surface area contributed by atoms with Gasteiger partial charge in [-0.2, -0.15) is 0 Å². The van der Waals surface area contributed by atoms with Crippen molar-refractivity contribution >= 4 is 5.69 Å². The van der Waals surface area contributed by atoms with Gasteiger partial charge in [0, 0.05) is 24.7 Å². The predicted octanol–water partition coefficient (Wildman–Crippen LogP) is 2.79. The molecule has 2 rings (SSSR count). The molecule has 1 heterocycles. The SMILES string of the molecule is CC(Nc1ccc(CCO)cc1)c1cccnc1. The second-order valence-electron chi connectivity index (χ2n) is 4.32. The summed E-state index contributed by atoms with van der Waals surface area (Å²) in [5.74, 6) is 0. The van der Waals surface area contributed by atoms with Crippen LogP contribution in [-0.4, -0.2) is 16.7 Å². The van der Waals surface area contributed by atoms with Gasteiger partial charge in [0.25, 0.3) is 0 Å². The molecule has 2 N–H and O–H groups in total. The van der Waals surface area contributed by atoms with Crippen LogP contribution in [0.4, 0.5) is 5.69 Å². The summed E-state index contributed by atoms with van der Waals surface area (Å²) in [4.78, 5) is 4.12. The maximum atomic E-state index is 8.86. The highest BCUT2D eigenvalue weighted by molar-refractivity contribution is 5.46. The standard InChI is InChI=1S/C15H18N2O/c1-12(14-3-2-9-16-11-14)17-15-6-4-13(5-7-15)8-10-18/h2-7,9,11-12,17-18H,8,10H2,1H3.